The highest BCUT2D eigenvalue weighted by Gasteiger charge is 2.49. The molecule has 9 aromatic rings. The third-order valence-electron chi connectivity index (χ3n) is 13.0. The molecule has 2 heterocycles. The fraction of sp³-hybridized carbons (Fsp3) is 0.0702. The Balaban J connectivity index is 1.13. The maximum atomic E-state index is 5.32. The topological polar surface area (TPSA) is 38.7 Å². The van der Waals surface area contributed by atoms with Gasteiger partial charge in [-0.25, -0.2) is 15.0 Å². The van der Waals surface area contributed by atoms with Crippen molar-refractivity contribution >= 4 is 23.9 Å². The van der Waals surface area contributed by atoms with Gasteiger partial charge in [0.2, 0.25) is 0 Å². The molecular weight excluding hydrogens is 759 g/mol. The van der Waals surface area contributed by atoms with Gasteiger partial charge in [0, 0.05) is 31.9 Å². The van der Waals surface area contributed by atoms with E-state index in [4.69, 9.17) is 15.0 Å². The quantitative estimate of drug-likeness (QED) is 0.178. The van der Waals surface area contributed by atoms with Crippen LogP contribution in [0.4, 0.5) is 0 Å². The van der Waals surface area contributed by atoms with Crippen LogP contribution in [0.25, 0.3) is 68.6 Å². The van der Waals surface area contributed by atoms with E-state index in [0.29, 0.717) is 17.5 Å². The molecule has 1 spiro atoms. The summed E-state index contributed by atoms with van der Waals surface area (Å²) in [5.41, 5.74) is 17.2. The Kier molecular flexibility index (Phi) is 8.04. The number of hydrogen-bond acceptors (Lipinski definition) is 4. The summed E-state index contributed by atoms with van der Waals surface area (Å²) < 4.78 is 0. The molecule has 288 valence electrons. The largest absolute Gasteiger partial charge is 0.208 e. The van der Waals surface area contributed by atoms with Gasteiger partial charge in [0.05, 0.1) is 5.41 Å². The van der Waals surface area contributed by atoms with Crippen molar-refractivity contribution in [2.75, 3.05) is 0 Å². The lowest BCUT2D eigenvalue weighted by Gasteiger charge is -2.43. The molecular formula is C57H39N3S. The lowest BCUT2D eigenvalue weighted by molar-refractivity contribution is 0.652. The highest BCUT2D eigenvalue weighted by Crippen LogP contribution is 2.61. The number of hydrogen-bond donors (Lipinski definition) is 0. The van der Waals surface area contributed by atoms with Crippen LogP contribution in [0.2, 0.25) is 0 Å². The highest BCUT2D eigenvalue weighted by atomic mass is 32.2. The summed E-state index contributed by atoms with van der Waals surface area (Å²) in [4.78, 5) is 18.3. The van der Waals surface area contributed by atoms with E-state index in [0.717, 1.165) is 27.8 Å². The second-order valence-electron chi connectivity index (χ2n) is 16.8. The second-order valence-corrected chi connectivity index (χ2v) is 17.8. The van der Waals surface area contributed by atoms with Crippen LogP contribution in [-0.2, 0) is 10.8 Å². The summed E-state index contributed by atoms with van der Waals surface area (Å²) >= 11 is 1.90. The lowest BCUT2D eigenvalue weighted by Crippen LogP contribution is -2.35. The summed E-state index contributed by atoms with van der Waals surface area (Å²) in [5.74, 6) is 1.91. The molecule has 61 heavy (non-hydrogen) atoms. The molecule has 1 aromatic heterocycles. The zero-order chi connectivity index (χ0) is 40.7. The third-order valence-corrected chi connectivity index (χ3v) is 14.2. The van der Waals surface area contributed by atoms with Gasteiger partial charge in [0.15, 0.2) is 17.5 Å². The fourth-order valence-electron chi connectivity index (χ4n) is 10.1. The van der Waals surface area contributed by atoms with E-state index < -0.39 is 5.41 Å². The Bertz CT molecular complexity index is 3260. The first-order valence-electron chi connectivity index (χ1n) is 20.9. The van der Waals surface area contributed by atoms with E-state index in [2.05, 4.69) is 190 Å². The van der Waals surface area contributed by atoms with Crippen molar-refractivity contribution in [2.45, 2.75) is 34.5 Å². The van der Waals surface area contributed by atoms with Crippen LogP contribution in [0.5, 0.6) is 0 Å². The van der Waals surface area contributed by atoms with Crippen LogP contribution in [0.3, 0.4) is 0 Å². The van der Waals surface area contributed by atoms with Crippen molar-refractivity contribution in [1.82, 2.24) is 15.0 Å². The maximum Gasteiger partial charge on any atom is 0.164 e. The van der Waals surface area contributed by atoms with Gasteiger partial charge in [-0.15, -0.1) is 0 Å². The highest BCUT2D eigenvalue weighted by molar-refractivity contribution is 7.99. The molecule has 3 aliphatic rings. The van der Waals surface area contributed by atoms with Gasteiger partial charge in [-0.1, -0.05) is 195 Å². The molecule has 0 saturated carbocycles. The molecule has 0 N–H and O–H groups in total. The second kappa shape index (κ2) is 13.7. The van der Waals surface area contributed by atoms with Gasteiger partial charge in [-0.3, -0.25) is 0 Å². The molecule has 1 atom stereocenters. The van der Waals surface area contributed by atoms with E-state index in [-0.39, 0.29) is 5.41 Å². The number of benzene rings is 8. The van der Waals surface area contributed by atoms with Crippen LogP contribution in [0.15, 0.2) is 198 Å². The van der Waals surface area contributed by atoms with Crippen molar-refractivity contribution in [1.29, 1.82) is 0 Å². The van der Waals surface area contributed by atoms with Crippen molar-refractivity contribution in [2.24, 2.45) is 0 Å². The van der Waals surface area contributed by atoms with E-state index in [1.807, 2.05) is 36.0 Å². The Labute approximate surface area is 360 Å². The first-order valence-corrected chi connectivity index (χ1v) is 21.7. The molecule has 0 radical (unpaired) electrons. The van der Waals surface area contributed by atoms with E-state index in [9.17, 15) is 0 Å². The van der Waals surface area contributed by atoms with Crippen LogP contribution >= 0.6 is 11.8 Å². The molecule has 0 bridgehead atoms. The van der Waals surface area contributed by atoms with Gasteiger partial charge in [0.1, 0.15) is 0 Å². The van der Waals surface area contributed by atoms with Gasteiger partial charge in [-0.05, 0) is 97.1 Å². The van der Waals surface area contributed by atoms with E-state index >= 15 is 0 Å². The molecule has 2 aliphatic carbocycles. The lowest BCUT2D eigenvalue weighted by atomic mass is 9.62. The van der Waals surface area contributed by atoms with Crippen LogP contribution < -0.4 is 0 Å². The Morgan fingerprint density at radius 2 is 0.918 bits per heavy atom. The Morgan fingerprint density at radius 1 is 0.344 bits per heavy atom. The monoisotopic (exact) mass is 797 g/mol. The molecule has 0 saturated heterocycles. The first-order chi connectivity index (χ1) is 30.0. The average molecular weight is 798 g/mol. The zero-order valence-corrected chi connectivity index (χ0v) is 34.6. The minimum Gasteiger partial charge on any atom is -0.208 e. The molecule has 0 amide bonds. The van der Waals surface area contributed by atoms with Crippen molar-refractivity contribution in [3.05, 3.63) is 233 Å². The van der Waals surface area contributed by atoms with Crippen molar-refractivity contribution < 1.29 is 0 Å². The van der Waals surface area contributed by atoms with Crippen LogP contribution in [0, 0.1) is 0 Å². The number of rotatable bonds is 4. The fourth-order valence-corrected chi connectivity index (χ4v) is 11.3. The van der Waals surface area contributed by atoms with E-state index in [1.54, 1.807) is 0 Å². The molecule has 0 fully saturated rings. The molecule has 12 rings (SSSR count). The van der Waals surface area contributed by atoms with Gasteiger partial charge < -0.3 is 0 Å². The minimum atomic E-state index is -0.651. The average Bonchev–Trinajstić information content (AvgIpc) is 3.44. The summed E-state index contributed by atoms with van der Waals surface area (Å²) in [6.45, 7) is 4.75. The SMILES string of the molecule is CC1(C)c2ccccc2-c2cc3c(cc21)Sc1ccccc1C31c2ccccc2C=Cc2ccc(-c3nc(-c4ccccc4)nc(-c4cccc(-c5ccccc5)c4)n3)cc21. The minimum absolute atomic E-state index is 0.118. The summed E-state index contributed by atoms with van der Waals surface area (Å²) in [6, 6.07) is 68.1. The zero-order valence-electron chi connectivity index (χ0n) is 33.8. The summed E-state index contributed by atoms with van der Waals surface area (Å²) in [7, 11) is 0. The van der Waals surface area contributed by atoms with Gasteiger partial charge in [-0.2, -0.15) is 0 Å². The first kappa shape index (κ1) is 35.8. The Morgan fingerprint density at radius 3 is 1.69 bits per heavy atom. The molecule has 1 unspecified atom stereocenters. The predicted molar refractivity (Wildman–Crippen MR) is 250 cm³/mol. The number of fused-ring (bicyclic) bond motifs is 11. The molecule has 1 aliphatic heterocycles. The predicted octanol–water partition coefficient (Wildman–Crippen LogP) is 14.2. The maximum absolute atomic E-state index is 5.32. The number of nitrogens with zero attached hydrogens (tertiary/aromatic N) is 3. The Hall–Kier alpha value is -7.14. The van der Waals surface area contributed by atoms with Crippen molar-refractivity contribution in [3.8, 4) is 56.4 Å². The third kappa shape index (κ3) is 5.49. The van der Waals surface area contributed by atoms with Gasteiger partial charge in [0.25, 0.3) is 0 Å². The molecule has 8 aromatic carbocycles. The smallest absolute Gasteiger partial charge is 0.164 e. The van der Waals surface area contributed by atoms with Gasteiger partial charge >= 0.3 is 0 Å². The normalized spacial score (nSPS) is 16.1. The molecule has 3 nitrogen and oxygen atoms in total. The van der Waals surface area contributed by atoms with E-state index in [1.165, 1.54) is 65.4 Å². The standard InChI is InChI=1S/C57H39N3S/c1-56(2)46-25-12-10-23-43(46)44-34-50-52(35-49(44)56)61-51-27-14-13-26-47(51)57(50)45-24-11-9-18-37(45)28-29-38-30-31-42(33-48(38)57)55-59-53(39-19-7-4-8-20-39)58-54(60-55)41-22-15-21-40(32-41)36-16-5-3-6-17-36/h3-35H,1-2H3. The van der Waals surface area contributed by atoms with Crippen LogP contribution in [0.1, 0.15) is 58.4 Å². The summed E-state index contributed by atoms with van der Waals surface area (Å²) in [5, 5.41) is 0. The van der Waals surface area contributed by atoms with Crippen LogP contribution in [-0.4, -0.2) is 15.0 Å². The summed E-state index contributed by atoms with van der Waals surface area (Å²) in [6.07, 6.45) is 4.60. The number of aromatic nitrogens is 3. The van der Waals surface area contributed by atoms with Crippen molar-refractivity contribution in [3.63, 3.8) is 0 Å². The molecule has 4 heteroatoms.